The molecule has 7 heteroatoms. The monoisotopic (exact) mass is 310 g/mol. The molecule has 2 N–H and O–H groups in total. The molecule has 0 aliphatic carbocycles. The minimum Gasteiger partial charge on any atom is -0.352 e. The Bertz CT molecular complexity index is 593. The summed E-state index contributed by atoms with van der Waals surface area (Å²) >= 11 is 0. The van der Waals surface area contributed by atoms with Gasteiger partial charge in [0.1, 0.15) is 11.0 Å². The second-order valence-corrected chi connectivity index (χ2v) is 5.18. The van der Waals surface area contributed by atoms with Gasteiger partial charge in [0.2, 0.25) is 5.91 Å². The zero-order chi connectivity index (χ0) is 13.8. The summed E-state index contributed by atoms with van der Waals surface area (Å²) in [7, 11) is 0. The summed E-state index contributed by atoms with van der Waals surface area (Å²) in [5, 5.41) is 13.9. The van der Waals surface area contributed by atoms with Gasteiger partial charge in [-0.3, -0.25) is 4.79 Å². The molecule has 1 saturated heterocycles. The maximum atomic E-state index is 12.2. The van der Waals surface area contributed by atoms with Crippen molar-refractivity contribution >= 4 is 29.3 Å². The van der Waals surface area contributed by atoms with Gasteiger partial charge in [0.05, 0.1) is 0 Å². The van der Waals surface area contributed by atoms with Crippen molar-refractivity contribution < 1.29 is 9.42 Å². The lowest BCUT2D eigenvalue weighted by Crippen LogP contribution is -2.30. The number of aromatic nitrogens is 2. The summed E-state index contributed by atoms with van der Waals surface area (Å²) in [6.45, 7) is 2.46. The van der Waals surface area contributed by atoms with Crippen molar-refractivity contribution in [2.24, 2.45) is 5.92 Å². The molecule has 0 bridgehead atoms. The van der Waals surface area contributed by atoms with Crippen LogP contribution >= 0.6 is 12.4 Å². The summed E-state index contributed by atoms with van der Waals surface area (Å²) in [4.78, 5) is 12.2. The molecule has 1 aliphatic rings. The van der Waals surface area contributed by atoms with E-state index in [2.05, 4.69) is 25.6 Å². The molecule has 0 saturated carbocycles. The molecular formula is C14H19ClN4O2. The van der Waals surface area contributed by atoms with E-state index in [-0.39, 0.29) is 24.2 Å². The number of rotatable bonds is 3. The first kappa shape index (κ1) is 15.7. The number of benzene rings is 1. The number of nitrogens with zero attached hydrogens (tertiary/aromatic N) is 2. The largest absolute Gasteiger partial charge is 0.352 e. The molecule has 1 aromatic carbocycles. The molecule has 1 fully saturated rings. The first-order valence-electron chi connectivity index (χ1n) is 7.02. The molecule has 1 atom stereocenters. The van der Waals surface area contributed by atoms with E-state index >= 15 is 0 Å². The van der Waals surface area contributed by atoms with Crippen LogP contribution < -0.4 is 10.6 Å². The van der Waals surface area contributed by atoms with Crippen LogP contribution in [-0.4, -0.2) is 29.3 Å². The van der Waals surface area contributed by atoms with Crippen molar-refractivity contribution in [3.63, 3.8) is 0 Å². The predicted octanol–water partition coefficient (Wildman–Crippen LogP) is 1.65. The van der Waals surface area contributed by atoms with Crippen molar-refractivity contribution in [3.05, 3.63) is 23.8 Å². The summed E-state index contributed by atoms with van der Waals surface area (Å²) in [6, 6.07) is 5.67. The molecule has 0 radical (unpaired) electrons. The number of hydrogen-bond acceptors (Lipinski definition) is 5. The maximum Gasteiger partial charge on any atom is 0.223 e. The highest BCUT2D eigenvalue weighted by Crippen LogP contribution is 2.15. The average molecular weight is 311 g/mol. The smallest absolute Gasteiger partial charge is 0.223 e. The highest BCUT2D eigenvalue weighted by Gasteiger charge is 2.19. The number of nitrogens with one attached hydrogen (secondary N) is 2. The van der Waals surface area contributed by atoms with Crippen LogP contribution in [0.25, 0.3) is 11.0 Å². The van der Waals surface area contributed by atoms with E-state index in [4.69, 9.17) is 0 Å². The highest BCUT2D eigenvalue weighted by atomic mass is 35.5. The number of carbonyl (C=O) groups excluding carboxylic acids is 1. The van der Waals surface area contributed by atoms with Gasteiger partial charge in [-0.15, -0.1) is 12.4 Å². The van der Waals surface area contributed by atoms with Gasteiger partial charge in [-0.05, 0) is 60.4 Å². The van der Waals surface area contributed by atoms with Gasteiger partial charge >= 0.3 is 0 Å². The van der Waals surface area contributed by atoms with Crippen LogP contribution in [0.1, 0.15) is 24.8 Å². The third-order valence-corrected chi connectivity index (χ3v) is 3.73. The van der Waals surface area contributed by atoms with Crippen molar-refractivity contribution in [1.29, 1.82) is 0 Å². The second-order valence-electron chi connectivity index (χ2n) is 5.18. The zero-order valence-corrected chi connectivity index (χ0v) is 12.5. The Labute approximate surface area is 129 Å². The van der Waals surface area contributed by atoms with Gasteiger partial charge in [-0.25, -0.2) is 4.63 Å². The quantitative estimate of drug-likeness (QED) is 0.901. The van der Waals surface area contributed by atoms with Crippen molar-refractivity contribution in [1.82, 2.24) is 20.9 Å². The van der Waals surface area contributed by atoms with Gasteiger partial charge in [0.15, 0.2) is 0 Å². The number of carbonyl (C=O) groups is 1. The molecule has 3 rings (SSSR count). The van der Waals surface area contributed by atoms with E-state index < -0.39 is 0 Å². The number of hydrogen-bond donors (Lipinski definition) is 2. The van der Waals surface area contributed by atoms with Crippen LogP contribution in [0, 0.1) is 5.92 Å². The lowest BCUT2D eigenvalue weighted by Gasteiger charge is -2.13. The maximum absolute atomic E-state index is 12.2. The van der Waals surface area contributed by atoms with E-state index in [1.807, 2.05) is 18.2 Å². The first-order valence-corrected chi connectivity index (χ1v) is 7.02. The van der Waals surface area contributed by atoms with Gasteiger partial charge in [-0.1, -0.05) is 6.07 Å². The SMILES string of the molecule is Cl.O=C(NCc1ccc2nonc2c1)C1CCCNCC1. The van der Waals surface area contributed by atoms with Gasteiger partial charge in [-0.2, -0.15) is 0 Å². The van der Waals surface area contributed by atoms with E-state index in [1.165, 1.54) is 0 Å². The van der Waals surface area contributed by atoms with E-state index in [1.54, 1.807) is 0 Å². The number of halogens is 1. The van der Waals surface area contributed by atoms with Gasteiger partial charge in [0, 0.05) is 12.5 Å². The fourth-order valence-corrected chi connectivity index (χ4v) is 2.55. The summed E-state index contributed by atoms with van der Waals surface area (Å²) in [5.74, 6) is 0.273. The van der Waals surface area contributed by atoms with Crippen molar-refractivity contribution in [3.8, 4) is 0 Å². The van der Waals surface area contributed by atoms with E-state index in [0.29, 0.717) is 6.54 Å². The Morgan fingerprint density at radius 2 is 2.14 bits per heavy atom. The highest BCUT2D eigenvalue weighted by molar-refractivity contribution is 5.85. The van der Waals surface area contributed by atoms with Crippen LogP contribution in [0.2, 0.25) is 0 Å². The van der Waals surface area contributed by atoms with Crippen LogP contribution in [0.5, 0.6) is 0 Å². The fraction of sp³-hybridized carbons (Fsp3) is 0.500. The molecule has 2 aromatic rings. The van der Waals surface area contributed by atoms with Gasteiger partial charge in [0.25, 0.3) is 0 Å². The molecule has 1 unspecified atom stereocenters. The second kappa shape index (κ2) is 7.38. The van der Waals surface area contributed by atoms with Gasteiger partial charge < -0.3 is 10.6 Å². The van der Waals surface area contributed by atoms with E-state index in [9.17, 15) is 4.79 Å². The van der Waals surface area contributed by atoms with E-state index in [0.717, 1.165) is 48.9 Å². The Morgan fingerprint density at radius 1 is 1.29 bits per heavy atom. The Morgan fingerprint density at radius 3 is 3.05 bits per heavy atom. The normalized spacial score (nSPS) is 18.8. The molecule has 21 heavy (non-hydrogen) atoms. The number of fused-ring (bicyclic) bond motifs is 1. The molecule has 6 nitrogen and oxygen atoms in total. The third kappa shape index (κ3) is 3.92. The molecule has 1 aromatic heterocycles. The Kier molecular flexibility index (Phi) is 5.52. The Hall–Kier alpha value is -1.66. The van der Waals surface area contributed by atoms with Crippen LogP contribution in [0.15, 0.2) is 22.8 Å². The summed E-state index contributed by atoms with van der Waals surface area (Å²) < 4.78 is 4.66. The molecule has 2 heterocycles. The van der Waals surface area contributed by atoms with Crippen LogP contribution in [0.4, 0.5) is 0 Å². The standard InChI is InChI=1S/C14H18N4O2.ClH/c19-14(11-2-1-6-15-7-5-11)16-9-10-3-4-12-13(8-10)18-20-17-12;/h3-4,8,11,15H,1-2,5-7,9H2,(H,16,19);1H. The fourth-order valence-electron chi connectivity index (χ4n) is 2.55. The molecular weight excluding hydrogens is 292 g/mol. The molecule has 0 spiro atoms. The number of amides is 1. The topological polar surface area (TPSA) is 80.1 Å². The minimum absolute atomic E-state index is 0. The molecule has 114 valence electrons. The van der Waals surface area contributed by atoms with Crippen molar-refractivity contribution in [2.75, 3.05) is 13.1 Å². The summed E-state index contributed by atoms with van der Waals surface area (Å²) in [5.41, 5.74) is 2.46. The van der Waals surface area contributed by atoms with Crippen LogP contribution in [-0.2, 0) is 11.3 Å². The van der Waals surface area contributed by atoms with Crippen molar-refractivity contribution in [2.45, 2.75) is 25.8 Å². The lowest BCUT2D eigenvalue weighted by atomic mass is 10.00. The minimum atomic E-state index is 0. The molecule has 1 amide bonds. The Balaban J connectivity index is 0.00000161. The molecule has 1 aliphatic heterocycles. The predicted molar refractivity (Wildman–Crippen MR) is 81.1 cm³/mol. The zero-order valence-electron chi connectivity index (χ0n) is 11.7. The summed E-state index contributed by atoms with van der Waals surface area (Å²) in [6.07, 6.45) is 2.94. The first-order chi connectivity index (χ1) is 9.83. The average Bonchev–Trinajstić information content (AvgIpc) is 2.76. The van der Waals surface area contributed by atoms with Crippen LogP contribution in [0.3, 0.4) is 0 Å². The lowest BCUT2D eigenvalue weighted by molar-refractivity contribution is -0.125. The third-order valence-electron chi connectivity index (χ3n) is 3.73.